The van der Waals surface area contributed by atoms with E-state index in [0.29, 0.717) is 17.5 Å². The molecule has 0 bridgehead atoms. The molecule has 0 aromatic carbocycles. The Hall–Kier alpha value is -1.85. The first-order chi connectivity index (χ1) is 9.45. The molecule has 0 saturated carbocycles. The quantitative estimate of drug-likeness (QED) is 0.905. The summed E-state index contributed by atoms with van der Waals surface area (Å²) in [5.74, 6) is 0.0955. The molecule has 6 nitrogen and oxygen atoms in total. The van der Waals surface area contributed by atoms with E-state index in [1.54, 1.807) is 12.3 Å². The first-order valence-corrected chi connectivity index (χ1v) is 7.00. The van der Waals surface area contributed by atoms with E-state index < -0.39 is 5.97 Å². The van der Waals surface area contributed by atoms with E-state index >= 15 is 0 Å². The third kappa shape index (κ3) is 3.59. The van der Waals surface area contributed by atoms with Gasteiger partial charge in [-0.3, -0.25) is 14.3 Å². The molecule has 1 amide bonds. The van der Waals surface area contributed by atoms with Gasteiger partial charge in [0.2, 0.25) is 0 Å². The van der Waals surface area contributed by atoms with Gasteiger partial charge in [0.25, 0.3) is 5.91 Å². The van der Waals surface area contributed by atoms with Crippen LogP contribution in [0.3, 0.4) is 0 Å². The maximum atomic E-state index is 12.4. The summed E-state index contributed by atoms with van der Waals surface area (Å²) in [6.45, 7) is 6.13. The molecule has 0 aliphatic carbocycles. The third-order valence-corrected chi connectivity index (χ3v) is 3.57. The number of aliphatic carboxylic acids is 1. The first kappa shape index (κ1) is 14.6. The van der Waals surface area contributed by atoms with Crippen LogP contribution in [0.1, 0.15) is 37.2 Å². The average Bonchev–Trinajstić information content (AvgIpc) is 2.83. The third-order valence-electron chi connectivity index (χ3n) is 3.57. The van der Waals surface area contributed by atoms with Gasteiger partial charge in [-0.25, -0.2) is 0 Å². The number of amides is 1. The van der Waals surface area contributed by atoms with Crippen LogP contribution in [0.4, 0.5) is 0 Å². The van der Waals surface area contributed by atoms with Gasteiger partial charge < -0.3 is 10.0 Å². The number of carboxylic acid groups (broad SMARTS) is 1. The summed E-state index contributed by atoms with van der Waals surface area (Å²) in [6, 6.07) is 1.66. The Kier molecular flexibility index (Phi) is 4.42. The van der Waals surface area contributed by atoms with Crippen molar-refractivity contribution in [1.82, 2.24) is 14.7 Å². The molecule has 2 rings (SSSR count). The van der Waals surface area contributed by atoms with Crippen molar-refractivity contribution in [3.05, 3.63) is 18.0 Å². The van der Waals surface area contributed by atoms with Crippen molar-refractivity contribution in [1.29, 1.82) is 0 Å². The maximum Gasteiger partial charge on any atom is 0.305 e. The summed E-state index contributed by atoms with van der Waals surface area (Å²) in [7, 11) is 0. The number of aromatic nitrogens is 2. The number of nitrogens with zero attached hydrogens (tertiary/aromatic N) is 3. The zero-order valence-electron chi connectivity index (χ0n) is 12.0. The van der Waals surface area contributed by atoms with Crippen molar-refractivity contribution in [3.8, 4) is 0 Å². The SMILES string of the molecule is CC1CC(C)CN(C(=O)c2ccn(CCC(=O)O)n2)C1. The number of rotatable bonds is 4. The molecule has 110 valence electrons. The van der Waals surface area contributed by atoms with Crippen molar-refractivity contribution >= 4 is 11.9 Å². The molecule has 1 N–H and O–H groups in total. The fourth-order valence-corrected chi connectivity index (χ4v) is 2.80. The lowest BCUT2D eigenvalue weighted by molar-refractivity contribution is -0.137. The largest absolute Gasteiger partial charge is 0.481 e. The molecular formula is C14H21N3O3. The molecule has 1 aromatic heterocycles. The van der Waals surface area contributed by atoms with Crippen LogP contribution in [0, 0.1) is 11.8 Å². The van der Waals surface area contributed by atoms with Crippen LogP contribution < -0.4 is 0 Å². The standard InChI is InChI=1S/C14H21N3O3/c1-10-7-11(2)9-16(8-10)14(20)12-3-5-17(15-12)6-4-13(18)19/h3,5,10-11H,4,6-9H2,1-2H3,(H,18,19). The first-order valence-electron chi connectivity index (χ1n) is 7.00. The van der Waals surface area contributed by atoms with Crippen molar-refractivity contribution in [3.63, 3.8) is 0 Å². The highest BCUT2D eigenvalue weighted by Crippen LogP contribution is 2.22. The number of carbonyl (C=O) groups is 2. The molecule has 2 atom stereocenters. The highest BCUT2D eigenvalue weighted by Gasteiger charge is 2.27. The molecule has 2 heterocycles. The Balaban J connectivity index is 2.00. The van der Waals surface area contributed by atoms with Gasteiger partial charge in [-0.15, -0.1) is 0 Å². The van der Waals surface area contributed by atoms with Gasteiger partial charge >= 0.3 is 5.97 Å². The van der Waals surface area contributed by atoms with Crippen LogP contribution >= 0.6 is 0 Å². The summed E-state index contributed by atoms with van der Waals surface area (Å²) < 4.78 is 1.51. The number of carbonyl (C=O) groups excluding carboxylic acids is 1. The van der Waals surface area contributed by atoms with Crippen molar-refractivity contribution < 1.29 is 14.7 Å². The van der Waals surface area contributed by atoms with E-state index in [1.807, 2.05) is 4.90 Å². The number of likely N-dealkylation sites (tertiary alicyclic amines) is 1. The van der Waals surface area contributed by atoms with Gasteiger partial charge in [-0.1, -0.05) is 13.8 Å². The Morgan fingerprint density at radius 1 is 1.35 bits per heavy atom. The Bertz CT molecular complexity index is 488. The van der Waals surface area contributed by atoms with Crippen LogP contribution in [-0.2, 0) is 11.3 Å². The molecule has 1 saturated heterocycles. The monoisotopic (exact) mass is 279 g/mol. The zero-order chi connectivity index (χ0) is 14.7. The molecule has 2 unspecified atom stereocenters. The lowest BCUT2D eigenvalue weighted by atomic mass is 9.92. The summed E-state index contributed by atoms with van der Waals surface area (Å²) in [5.41, 5.74) is 0.400. The van der Waals surface area contributed by atoms with E-state index in [-0.39, 0.29) is 18.9 Å². The normalized spacial score (nSPS) is 22.8. The fraction of sp³-hybridized carbons (Fsp3) is 0.643. The number of hydrogen-bond acceptors (Lipinski definition) is 3. The molecule has 20 heavy (non-hydrogen) atoms. The molecule has 1 aliphatic heterocycles. The van der Waals surface area contributed by atoms with Gasteiger partial charge in [0.1, 0.15) is 5.69 Å². The molecule has 1 aromatic rings. The lowest BCUT2D eigenvalue weighted by Crippen LogP contribution is -2.42. The van der Waals surface area contributed by atoms with Crippen LogP contribution in [-0.4, -0.2) is 44.8 Å². The second-order valence-corrected chi connectivity index (χ2v) is 5.76. The van der Waals surface area contributed by atoms with E-state index in [0.717, 1.165) is 19.5 Å². The van der Waals surface area contributed by atoms with Gasteiger partial charge in [-0.2, -0.15) is 5.10 Å². The van der Waals surface area contributed by atoms with Crippen LogP contribution in [0.25, 0.3) is 0 Å². The minimum atomic E-state index is -0.868. The summed E-state index contributed by atoms with van der Waals surface area (Å²) in [4.78, 5) is 24.7. The minimum absolute atomic E-state index is 0.00704. The summed E-state index contributed by atoms with van der Waals surface area (Å²) >= 11 is 0. The zero-order valence-corrected chi connectivity index (χ0v) is 12.0. The van der Waals surface area contributed by atoms with Crippen LogP contribution in [0.15, 0.2) is 12.3 Å². The van der Waals surface area contributed by atoms with E-state index in [2.05, 4.69) is 18.9 Å². The predicted molar refractivity (Wildman–Crippen MR) is 73.3 cm³/mol. The summed E-state index contributed by atoms with van der Waals surface area (Å²) in [6.07, 6.45) is 2.82. The van der Waals surface area contributed by atoms with Gasteiger partial charge in [-0.05, 0) is 24.3 Å². The number of hydrogen-bond donors (Lipinski definition) is 1. The van der Waals surface area contributed by atoms with Crippen molar-refractivity contribution in [2.24, 2.45) is 11.8 Å². The number of carboxylic acids is 1. The van der Waals surface area contributed by atoms with Crippen LogP contribution in [0.2, 0.25) is 0 Å². The van der Waals surface area contributed by atoms with E-state index in [1.165, 1.54) is 4.68 Å². The predicted octanol–water partition coefficient (Wildman–Crippen LogP) is 1.48. The summed E-state index contributed by atoms with van der Waals surface area (Å²) in [5, 5.41) is 12.8. The topological polar surface area (TPSA) is 75.4 Å². The fourth-order valence-electron chi connectivity index (χ4n) is 2.80. The second kappa shape index (κ2) is 6.07. The average molecular weight is 279 g/mol. The number of piperidine rings is 1. The molecular weight excluding hydrogens is 258 g/mol. The maximum absolute atomic E-state index is 12.4. The highest BCUT2D eigenvalue weighted by atomic mass is 16.4. The lowest BCUT2D eigenvalue weighted by Gasteiger charge is -2.34. The van der Waals surface area contributed by atoms with Crippen molar-refractivity contribution in [2.75, 3.05) is 13.1 Å². The molecule has 6 heteroatoms. The molecule has 0 radical (unpaired) electrons. The molecule has 0 spiro atoms. The van der Waals surface area contributed by atoms with Gasteiger partial charge in [0.15, 0.2) is 0 Å². The van der Waals surface area contributed by atoms with Crippen molar-refractivity contribution in [2.45, 2.75) is 33.2 Å². The Labute approximate surface area is 118 Å². The Morgan fingerprint density at radius 2 is 2.00 bits per heavy atom. The molecule has 1 fully saturated rings. The second-order valence-electron chi connectivity index (χ2n) is 5.76. The van der Waals surface area contributed by atoms with E-state index in [4.69, 9.17) is 5.11 Å². The number of aryl methyl sites for hydroxylation is 1. The highest BCUT2D eigenvalue weighted by molar-refractivity contribution is 5.92. The molecule has 1 aliphatic rings. The Morgan fingerprint density at radius 3 is 2.60 bits per heavy atom. The van der Waals surface area contributed by atoms with E-state index in [9.17, 15) is 9.59 Å². The minimum Gasteiger partial charge on any atom is -0.481 e. The van der Waals surface area contributed by atoms with Gasteiger partial charge in [0, 0.05) is 19.3 Å². The smallest absolute Gasteiger partial charge is 0.305 e. The van der Waals surface area contributed by atoms with Crippen LogP contribution in [0.5, 0.6) is 0 Å². The van der Waals surface area contributed by atoms with Gasteiger partial charge in [0.05, 0.1) is 13.0 Å².